The predicted octanol–water partition coefficient (Wildman–Crippen LogP) is 2.05. The van der Waals surface area contributed by atoms with E-state index in [-0.39, 0.29) is 5.91 Å². The van der Waals surface area contributed by atoms with Gasteiger partial charge in [-0.3, -0.25) is 9.78 Å². The van der Waals surface area contributed by atoms with Crippen LogP contribution in [0.3, 0.4) is 0 Å². The van der Waals surface area contributed by atoms with E-state index < -0.39 is 0 Å². The molecule has 4 heteroatoms. The Morgan fingerprint density at radius 3 is 3.07 bits per heavy atom. The van der Waals surface area contributed by atoms with Crippen molar-refractivity contribution in [2.45, 2.75) is 13.8 Å². The first kappa shape index (κ1) is 11.2. The van der Waals surface area contributed by atoms with Gasteiger partial charge in [-0.25, -0.2) is 0 Å². The molecule has 0 aliphatic carbocycles. The second-order valence-electron chi connectivity index (χ2n) is 2.95. The van der Waals surface area contributed by atoms with E-state index in [4.69, 9.17) is 4.74 Å². The number of pyridine rings is 1. The molecule has 1 aromatic heterocycles. The zero-order valence-corrected chi connectivity index (χ0v) is 8.86. The monoisotopic (exact) mass is 206 g/mol. The topological polar surface area (TPSA) is 51.2 Å². The molecular formula is C11H14N2O2. The highest BCUT2D eigenvalue weighted by atomic mass is 16.5. The molecule has 1 N–H and O–H groups in total. The van der Waals surface area contributed by atoms with Gasteiger partial charge in [0, 0.05) is 13.1 Å². The number of anilines is 1. The molecule has 1 rings (SSSR count). The van der Waals surface area contributed by atoms with Crippen LogP contribution in [0.4, 0.5) is 5.69 Å². The zero-order valence-electron chi connectivity index (χ0n) is 8.86. The minimum Gasteiger partial charge on any atom is -0.501 e. The van der Waals surface area contributed by atoms with Crippen LogP contribution in [0.5, 0.6) is 0 Å². The third-order valence-electron chi connectivity index (χ3n) is 1.60. The van der Waals surface area contributed by atoms with Crippen molar-refractivity contribution in [3.8, 4) is 0 Å². The molecule has 0 fully saturated rings. The van der Waals surface area contributed by atoms with Gasteiger partial charge >= 0.3 is 0 Å². The van der Waals surface area contributed by atoms with Crippen molar-refractivity contribution < 1.29 is 9.53 Å². The van der Waals surface area contributed by atoms with Gasteiger partial charge in [0.1, 0.15) is 0 Å². The van der Waals surface area contributed by atoms with Crippen LogP contribution in [-0.2, 0) is 9.53 Å². The molecule has 0 saturated heterocycles. The number of hydrogen-bond acceptors (Lipinski definition) is 3. The molecule has 0 bridgehead atoms. The largest absolute Gasteiger partial charge is 0.501 e. The van der Waals surface area contributed by atoms with Gasteiger partial charge in [0.05, 0.1) is 24.8 Å². The molecule has 0 aromatic carbocycles. The number of carbonyl (C=O) groups excluding carboxylic acids is 1. The first-order valence-corrected chi connectivity index (χ1v) is 4.73. The summed E-state index contributed by atoms with van der Waals surface area (Å²) in [5, 5.41) is 2.66. The van der Waals surface area contributed by atoms with Crippen LogP contribution in [0.15, 0.2) is 24.7 Å². The van der Waals surface area contributed by atoms with E-state index in [0.29, 0.717) is 12.3 Å². The Balaban J connectivity index is 2.69. The fourth-order valence-electron chi connectivity index (χ4n) is 1.04. The van der Waals surface area contributed by atoms with E-state index in [1.807, 2.05) is 13.0 Å². The van der Waals surface area contributed by atoms with Gasteiger partial charge in [-0.15, -0.1) is 0 Å². The van der Waals surface area contributed by atoms with Crippen LogP contribution in [0.25, 0.3) is 6.08 Å². The van der Waals surface area contributed by atoms with E-state index in [2.05, 4.69) is 10.3 Å². The van der Waals surface area contributed by atoms with Crippen LogP contribution >= 0.6 is 0 Å². The number of ether oxygens (including phenoxy) is 1. The maximum absolute atomic E-state index is 10.8. The highest BCUT2D eigenvalue weighted by Gasteiger charge is 1.96. The second-order valence-corrected chi connectivity index (χ2v) is 2.95. The summed E-state index contributed by atoms with van der Waals surface area (Å²) >= 11 is 0. The van der Waals surface area contributed by atoms with Crippen molar-refractivity contribution in [1.82, 2.24) is 4.98 Å². The van der Waals surface area contributed by atoms with Gasteiger partial charge in [0.15, 0.2) is 0 Å². The van der Waals surface area contributed by atoms with Crippen LogP contribution in [0, 0.1) is 0 Å². The molecule has 80 valence electrons. The van der Waals surface area contributed by atoms with Crippen LogP contribution in [-0.4, -0.2) is 17.5 Å². The van der Waals surface area contributed by atoms with Gasteiger partial charge in [0.2, 0.25) is 5.91 Å². The number of carbonyl (C=O) groups is 1. The first-order chi connectivity index (χ1) is 7.22. The van der Waals surface area contributed by atoms with E-state index >= 15 is 0 Å². The fraction of sp³-hybridized carbons (Fsp3) is 0.273. The minimum absolute atomic E-state index is 0.109. The van der Waals surface area contributed by atoms with Crippen molar-refractivity contribution in [1.29, 1.82) is 0 Å². The van der Waals surface area contributed by atoms with Crippen molar-refractivity contribution >= 4 is 17.7 Å². The summed E-state index contributed by atoms with van der Waals surface area (Å²) in [6.45, 7) is 4.01. The molecule has 0 aliphatic heterocycles. The van der Waals surface area contributed by atoms with Gasteiger partial charge < -0.3 is 10.1 Å². The predicted molar refractivity (Wildman–Crippen MR) is 59.2 cm³/mol. The van der Waals surface area contributed by atoms with E-state index in [1.165, 1.54) is 6.92 Å². The third kappa shape index (κ3) is 4.26. The van der Waals surface area contributed by atoms with Crippen LogP contribution < -0.4 is 5.32 Å². The SMILES string of the molecule is CCOC=Cc1cncc(NC(C)=O)c1. The molecular weight excluding hydrogens is 192 g/mol. The lowest BCUT2D eigenvalue weighted by Crippen LogP contribution is -2.05. The summed E-state index contributed by atoms with van der Waals surface area (Å²) in [6, 6.07) is 1.82. The highest BCUT2D eigenvalue weighted by molar-refractivity contribution is 5.88. The Bertz CT molecular complexity index is 361. The summed E-state index contributed by atoms with van der Waals surface area (Å²) < 4.78 is 5.06. The number of aromatic nitrogens is 1. The highest BCUT2D eigenvalue weighted by Crippen LogP contribution is 2.09. The molecule has 0 unspecified atom stereocenters. The molecule has 4 nitrogen and oxygen atoms in total. The molecule has 0 spiro atoms. The number of nitrogens with zero attached hydrogens (tertiary/aromatic N) is 1. The maximum atomic E-state index is 10.8. The molecule has 15 heavy (non-hydrogen) atoms. The van der Waals surface area contributed by atoms with Crippen LogP contribution in [0.1, 0.15) is 19.4 Å². The molecule has 1 amide bonds. The zero-order chi connectivity index (χ0) is 11.1. The van der Waals surface area contributed by atoms with Crippen molar-refractivity contribution in [3.63, 3.8) is 0 Å². The number of nitrogens with one attached hydrogen (secondary N) is 1. The second kappa shape index (κ2) is 5.80. The Labute approximate surface area is 89.0 Å². The third-order valence-corrected chi connectivity index (χ3v) is 1.60. The van der Waals surface area contributed by atoms with E-state index in [0.717, 1.165) is 5.56 Å². The van der Waals surface area contributed by atoms with Crippen molar-refractivity contribution in [2.24, 2.45) is 0 Å². The Kier molecular flexibility index (Phi) is 4.34. The Hall–Kier alpha value is -1.84. The molecule has 0 atom stereocenters. The summed E-state index contributed by atoms with van der Waals surface area (Å²) in [6.07, 6.45) is 6.69. The summed E-state index contributed by atoms with van der Waals surface area (Å²) in [4.78, 5) is 14.8. The lowest BCUT2D eigenvalue weighted by molar-refractivity contribution is -0.114. The lowest BCUT2D eigenvalue weighted by Gasteiger charge is -2.01. The van der Waals surface area contributed by atoms with E-state index in [1.54, 1.807) is 24.7 Å². The average molecular weight is 206 g/mol. The molecule has 1 heterocycles. The van der Waals surface area contributed by atoms with Gasteiger partial charge in [-0.1, -0.05) is 0 Å². The quantitative estimate of drug-likeness (QED) is 0.767. The maximum Gasteiger partial charge on any atom is 0.221 e. The van der Waals surface area contributed by atoms with Gasteiger partial charge in [-0.05, 0) is 24.6 Å². The van der Waals surface area contributed by atoms with Gasteiger partial charge in [-0.2, -0.15) is 0 Å². The summed E-state index contributed by atoms with van der Waals surface area (Å²) in [5.74, 6) is -0.109. The Morgan fingerprint density at radius 2 is 2.40 bits per heavy atom. The smallest absolute Gasteiger partial charge is 0.221 e. The van der Waals surface area contributed by atoms with Gasteiger partial charge in [0.25, 0.3) is 0 Å². The van der Waals surface area contributed by atoms with Crippen molar-refractivity contribution in [2.75, 3.05) is 11.9 Å². The summed E-state index contributed by atoms with van der Waals surface area (Å²) in [5.41, 5.74) is 1.57. The lowest BCUT2D eigenvalue weighted by atomic mass is 10.2. The molecule has 0 aliphatic rings. The minimum atomic E-state index is -0.109. The van der Waals surface area contributed by atoms with Crippen molar-refractivity contribution in [3.05, 3.63) is 30.3 Å². The summed E-state index contributed by atoms with van der Waals surface area (Å²) in [7, 11) is 0. The van der Waals surface area contributed by atoms with Crippen LogP contribution in [0.2, 0.25) is 0 Å². The standard InChI is InChI=1S/C11H14N2O2/c1-3-15-5-4-10-6-11(8-12-7-10)13-9(2)14/h4-8H,3H2,1-2H3,(H,13,14). The Morgan fingerprint density at radius 1 is 1.60 bits per heavy atom. The molecule has 1 aromatic rings. The molecule has 0 saturated carbocycles. The number of rotatable bonds is 4. The number of hydrogen-bond donors (Lipinski definition) is 1. The number of amides is 1. The van der Waals surface area contributed by atoms with E-state index in [9.17, 15) is 4.79 Å². The normalized spacial score (nSPS) is 10.3. The first-order valence-electron chi connectivity index (χ1n) is 4.73. The fourth-order valence-corrected chi connectivity index (χ4v) is 1.04. The molecule has 0 radical (unpaired) electrons. The average Bonchev–Trinajstić information content (AvgIpc) is 2.18.